The molecule has 1 aliphatic heterocycles. The number of benzene rings is 1. The SMILES string of the molecule is CC(C)(C)OC(=O)c1ccccc1OC(F)C1CCNCC1Cl.Cl. The van der Waals surface area contributed by atoms with Gasteiger partial charge in [0.1, 0.15) is 16.9 Å². The average Bonchev–Trinajstić information content (AvgIpc) is 2.46. The molecule has 7 heteroatoms. The molecule has 0 saturated carbocycles. The van der Waals surface area contributed by atoms with Crippen molar-refractivity contribution in [3.8, 4) is 5.75 Å². The quantitative estimate of drug-likeness (QED) is 0.635. The highest BCUT2D eigenvalue weighted by atomic mass is 35.5. The van der Waals surface area contributed by atoms with Crippen LogP contribution in [0.1, 0.15) is 37.6 Å². The third-order valence-corrected chi connectivity index (χ3v) is 4.02. The number of hydrogen-bond donors (Lipinski definition) is 1. The predicted molar refractivity (Wildman–Crippen MR) is 95.0 cm³/mol. The van der Waals surface area contributed by atoms with Gasteiger partial charge in [0.2, 0.25) is 6.36 Å². The number of carbonyl (C=O) groups is 1. The molecule has 136 valence electrons. The van der Waals surface area contributed by atoms with Crippen molar-refractivity contribution in [1.29, 1.82) is 0 Å². The summed E-state index contributed by atoms with van der Waals surface area (Å²) >= 11 is 6.16. The van der Waals surface area contributed by atoms with Crippen molar-refractivity contribution >= 4 is 30.0 Å². The summed E-state index contributed by atoms with van der Waals surface area (Å²) in [6.07, 6.45) is -0.979. The van der Waals surface area contributed by atoms with Gasteiger partial charge in [-0.1, -0.05) is 12.1 Å². The molecule has 4 nitrogen and oxygen atoms in total. The Morgan fingerprint density at radius 1 is 1.38 bits per heavy atom. The van der Waals surface area contributed by atoms with Crippen molar-refractivity contribution in [2.45, 2.75) is 44.5 Å². The van der Waals surface area contributed by atoms with E-state index in [9.17, 15) is 9.18 Å². The molecule has 0 aliphatic carbocycles. The van der Waals surface area contributed by atoms with Gasteiger partial charge in [-0.25, -0.2) is 9.18 Å². The smallest absolute Gasteiger partial charge is 0.342 e. The minimum Gasteiger partial charge on any atom is -0.459 e. The van der Waals surface area contributed by atoms with E-state index < -0.39 is 23.8 Å². The van der Waals surface area contributed by atoms with Crippen molar-refractivity contribution in [2.75, 3.05) is 13.1 Å². The second-order valence-corrected chi connectivity index (χ2v) is 7.20. The Morgan fingerprint density at radius 2 is 2.04 bits per heavy atom. The van der Waals surface area contributed by atoms with E-state index in [1.54, 1.807) is 45.0 Å². The summed E-state index contributed by atoms with van der Waals surface area (Å²) in [7, 11) is 0. The van der Waals surface area contributed by atoms with Gasteiger partial charge in [-0.3, -0.25) is 0 Å². The molecule has 1 aromatic rings. The first-order chi connectivity index (χ1) is 10.8. The average molecular weight is 380 g/mol. The van der Waals surface area contributed by atoms with E-state index in [2.05, 4.69) is 5.32 Å². The van der Waals surface area contributed by atoms with Crippen molar-refractivity contribution in [2.24, 2.45) is 5.92 Å². The highest BCUT2D eigenvalue weighted by Crippen LogP contribution is 2.29. The zero-order chi connectivity index (χ0) is 17.0. The fraction of sp³-hybridized carbons (Fsp3) is 0.588. The Labute approximate surface area is 153 Å². The fourth-order valence-electron chi connectivity index (χ4n) is 2.42. The van der Waals surface area contributed by atoms with E-state index in [4.69, 9.17) is 21.1 Å². The van der Waals surface area contributed by atoms with Crippen LogP contribution in [0.5, 0.6) is 5.75 Å². The largest absolute Gasteiger partial charge is 0.459 e. The second kappa shape index (κ2) is 8.88. The van der Waals surface area contributed by atoms with Crippen LogP contribution in [0.4, 0.5) is 4.39 Å². The van der Waals surface area contributed by atoms with Gasteiger partial charge in [-0.15, -0.1) is 24.0 Å². The number of carbonyl (C=O) groups excluding carboxylic acids is 1. The Balaban J connectivity index is 0.00000288. The lowest BCUT2D eigenvalue weighted by molar-refractivity contribution is -0.00403. The lowest BCUT2D eigenvalue weighted by Crippen LogP contribution is -2.43. The molecular weight excluding hydrogens is 356 g/mol. The number of esters is 1. The standard InChI is InChI=1S/C17H23ClFNO3.ClH/c1-17(2,3)23-16(21)12-6-4-5-7-14(12)22-15(19)11-8-9-20-10-13(11)18;/h4-7,11,13,15,20H,8-10H2,1-3H3;1H. The highest BCUT2D eigenvalue weighted by molar-refractivity contribution is 6.21. The number of ether oxygens (including phenoxy) is 2. The number of alkyl halides is 2. The highest BCUT2D eigenvalue weighted by Gasteiger charge is 2.33. The molecule has 1 aliphatic rings. The molecular formula is C17H24Cl2FNO3. The minimum atomic E-state index is -1.57. The zero-order valence-corrected chi connectivity index (χ0v) is 15.6. The monoisotopic (exact) mass is 379 g/mol. The van der Waals surface area contributed by atoms with Crippen molar-refractivity contribution in [3.05, 3.63) is 29.8 Å². The molecule has 0 spiro atoms. The summed E-state index contributed by atoms with van der Waals surface area (Å²) in [6, 6.07) is 6.51. The molecule has 3 unspecified atom stereocenters. The number of hydrogen-bond acceptors (Lipinski definition) is 4. The molecule has 24 heavy (non-hydrogen) atoms. The molecule has 0 bridgehead atoms. The van der Waals surface area contributed by atoms with Crippen LogP contribution in [0, 0.1) is 5.92 Å². The van der Waals surface area contributed by atoms with Crippen LogP contribution >= 0.6 is 24.0 Å². The van der Waals surface area contributed by atoms with E-state index in [-0.39, 0.29) is 29.1 Å². The van der Waals surface area contributed by atoms with Crippen LogP contribution in [0.25, 0.3) is 0 Å². The molecule has 0 amide bonds. The van der Waals surface area contributed by atoms with Crippen LogP contribution < -0.4 is 10.1 Å². The number of para-hydroxylation sites is 1. The maximum absolute atomic E-state index is 14.5. The number of nitrogens with one attached hydrogen (secondary N) is 1. The van der Waals surface area contributed by atoms with E-state index in [0.717, 1.165) is 0 Å². The maximum Gasteiger partial charge on any atom is 0.342 e. The van der Waals surface area contributed by atoms with Crippen LogP contribution in [-0.4, -0.2) is 36.4 Å². The van der Waals surface area contributed by atoms with Gasteiger partial charge in [0.15, 0.2) is 0 Å². The topological polar surface area (TPSA) is 47.6 Å². The number of halogens is 3. The Hall–Kier alpha value is -1.04. The molecule has 1 fully saturated rings. The molecule has 1 aromatic carbocycles. The van der Waals surface area contributed by atoms with E-state index in [1.807, 2.05) is 0 Å². The Bertz CT molecular complexity index is 551. The minimum absolute atomic E-state index is 0. The molecule has 1 heterocycles. The van der Waals surface area contributed by atoms with Gasteiger partial charge >= 0.3 is 5.97 Å². The van der Waals surface area contributed by atoms with Gasteiger partial charge in [0.25, 0.3) is 0 Å². The lowest BCUT2D eigenvalue weighted by atomic mass is 9.97. The third-order valence-electron chi connectivity index (χ3n) is 3.54. The zero-order valence-electron chi connectivity index (χ0n) is 14.1. The summed E-state index contributed by atoms with van der Waals surface area (Å²) in [5.74, 6) is -0.769. The van der Waals surface area contributed by atoms with Gasteiger partial charge in [-0.05, 0) is 45.9 Å². The first-order valence-electron chi connectivity index (χ1n) is 7.76. The molecule has 0 radical (unpaired) electrons. The van der Waals surface area contributed by atoms with Crippen LogP contribution in [-0.2, 0) is 4.74 Å². The van der Waals surface area contributed by atoms with Crippen LogP contribution in [0.2, 0.25) is 0 Å². The van der Waals surface area contributed by atoms with Gasteiger partial charge in [-0.2, -0.15) is 0 Å². The normalized spacial score (nSPS) is 22.2. The summed E-state index contributed by atoms with van der Waals surface area (Å²) in [5.41, 5.74) is -0.416. The van der Waals surface area contributed by atoms with Crippen LogP contribution in [0.3, 0.4) is 0 Å². The van der Waals surface area contributed by atoms with E-state index >= 15 is 0 Å². The predicted octanol–water partition coefficient (Wildman–Crippen LogP) is 3.96. The summed E-state index contributed by atoms with van der Waals surface area (Å²) < 4.78 is 25.3. The van der Waals surface area contributed by atoms with Crippen molar-refractivity contribution in [1.82, 2.24) is 5.32 Å². The summed E-state index contributed by atoms with van der Waals surface area (Å²) in [5, 5.41) is 2.77. The molecule has 2 rings (SSSR count). The molecule has 1 saturated heterocycles. The summed E-state index contributed by atoms with van der Waals surface area (Å²) in [4.78, 5) is 12.2. The van der Waals surface area contributed by atoms with Crippen molar-refractivity contribution < 1.29 is 18.7 Å². The van der Waals surface area contributed by atoms with Crippen molar-refractivity contribution in [3.63, 3.8) is 0 Å². The molecule has 0 aromatic heterocycles. The second-order valence-electron chi connectivity index (χ2n) is 6.64. The summed E-state index contributed by atoms with van der Waals surface area (Å²) in [6.45, 7) is 6.58. The van der Waals surface area contributed by atoms with Crippen LogP contribution in [0.15, 0.2) is 24.3 Å². The Morgan fingerprint density at radius 3 is 2.67 bits per heavy atom. The van der Waals surface area contributed by atoms with Gasteiger partial charge < -0.3 is 14.8 Å². The lowest BCUT2D eigenvalue weighted by Gasteiger charge is -2.30. The number of rotatable bonds is 4. The first-order valence-corrected chi connectivity index (χ1v) is 8.19. The third kappa shape index (κ3) is 5.80. The van der Waals surface area contributed by atoms with Gasteiger partial charge in [0, 0.05) is 12.5 Å². The first kappa shape index (κ1) is 21.0. The fourth-order valence-corrected chi connectivity index (χ4v) is 2.77. The van der Waals surface area contributed by atoms with Gasteiger partial charge in [0.05, 0.1) is 5.38 Å². The van der Waals surface area contributed by atoms with E-state index in [1.165, 1.54) is 0 Å². The Kier molecular flexibility index (Phi) is 7.77. The van der Waals surface area contributed by atoms with E-state index in [0.29, 0.717) is 19.5 Å². The molecule has 3 atom stereocenters. The molecule has 1 N–H and O–H groups in total. The number of piperidine rings is 1. The maximum atomic E-state index is 14.5.